The van der Waals surface area contributed by atoms with Gasteiger partial charge in [-0.15, -0.1) is 11.3 Å². The maximum Gasteiger partial charge on any atom is 0.288 e. The predicted octanol–water partition coefficient (Wildman–Crippen LogP) is 7.73. The van der Waals surface area contributed by atoms with Crippen LogP contribution >= 0.6 is 22.9 Å². The molecule has 3 unspecified atom stereocenters. The van der Waals surface area contributed by atoms with Gasteiger partial charge in [-0.2, -0.15) is 9.97 Å². The number of halogens is 3. The number of hydrogen-bond acceptors (Lipinski definition) is 19. The minimum atomic E-state index is -0.639. The first-order valence-corrected chi connectivity index (χ1v) is 24.5. The molecule has 24 heteroatoms. The van der Waals surface area contributed by atoms with E-state index in [1.54, 1.807) is 46.5 Å². The summed E-state index contributed by atoms with van der Waals surface area (Å²) in [6, 6.07) is 18.4. The van der Waals surface area contributed by atoms with Crippen molar-refractivity contribution < 1.29 is 32.6 Å². The Hall–Kier alpha value is -7.70. The van der Waals surface area contributed by atoms with Crippen molar-refractivity contribution in [2.45, 2.75) is 38.4 Å². The van der Waals surface area contributed by atoms with Crippen molar-refractivity contribution >= 4 is 81.0 Å². The molecule has 6 N–H and O–H groups in total. The van der Waals surface area contributed by atoms with Crippen LogP contribution in [0.1, 0.15) is 62.5 Å². The molecule has 0 radical (unpaired) electrons. The predicted molar refractivity (Wildman–Crippen MR) is 272 cm³/mol. The lowest BCUT2D eigenvalue weighted by atomic mass is 9.93. The van der Waals surface area contributed by atoms with Gasteiger partial charge in [-0.1, -0.05) is 17.7 Å². The molecule has 0 aliphatic carbocycles. The van der Waals surface area contributed by atoms with Gasteiger partial charge in [-0.05, 0) is 91.6 Å². The smallest absolute Gasteiger partial charge is 0.288 e. The number of nitrogens with zero attached hydrogens (tertiary/aromatic N) is 9. The highest BCUT2D eigenvalue weighted by molar-refractivity contribution is 7.15. The first kappa shape index (κ1) is 48.9. The van der Waals surface area contributed by atoms with Crippen molar-refractivity contribution in [1.82, 2.24) is 45.7 Å². The lowest BCUT2D eigenvalue weighted by Gasteiger charge is -2.33. The van der Waals surface area contributed by atoms with Crippen LogP contribution in [-0.4, -0.2) is 105 Å². The van der Waals surface area contributed by atoms with Crippen LogP contribution in [-0.2, 0) is 14.2 Å². The molecule has 8 heterocycles. The van der Waals surface area contributed by atoms with E-state index in [-0.39, 0.29) is 60.1 Å². The number of ether oxygens (including phenoxy) is 3. The van der Waals surface area contributed by atoms with Crippen molar-refractivity contribution in [3.63, 3.8) is 0 Å². The molecule has 3 aliphatic heterocycles. The van der Waals surface area contributed by atoms with E-state index in [1.165, 1.54) is 17.5 Å². The van der Waals surface area contributed by atoms with Crippen LogP contribution < -0.4 is 42.1 Å². The van der Waals surface area contributed by atoms with E-state index in [0.717, 1.165) is 51.8 Å². The molecule has 376 valence electrons. The van der Waals surface area contributed by atoms with Crippen LogP contribution in [0.3, 0.4) is 0 Å². The Morgan fingerprint density at radius 1 is 0.685 bits per heavy atom. The highest BCUT2D eigenvalue weighted by Gasteiger charge is 2.29. The fourth-order valence-electron chi connectivity index (χ4n) is 8.57. The fraction of sp³-hybridized carbons (Fsp3) is 0.286. The SMILES string of the molecule is Cc1cc(Nc2ccc(C(=O)NNc3ncc(F)c(N4CCOCC4)n3)nc2)cc(-c2cnc(C3CN(c4nc(NNC(=O)c5ccc(Nc6cc(Cl)cc(C7CCOC7C)c6)cn5)ncc4F)CCO3)s2)c1. The molecule has 0 bridgehead atoms. The van der Waals surface area contributed by atoms with Crippen LogP contribution in [0.4, 0.5) is 55.1 Å². The lowest BCUT2D eigenvalue weighted by molar-refractivity contribution is 0.0391. The van der Waals surface area contributed by atoms with Crippen molar-refractivity contribution in [2.75, 3.05) is 83.9 Å². The first-order valence-electron chi connectivity index (χ1n) is 23.3. The number of benzene rings is 2. The highest BCUT2D eigenvalue weighted by Crippen LogP contribution is 2.37. The van der Waals surface area contributed by atoms with Gasteiger partial charge in [0.25, 0.3) is 11.8 Å². The number of hydrazine groups is 2. The van der Waals surface area contributed by atoms with Crippen molar-refractivity contribution in [3.05, 3.63) is 136 Å². The number of rotatable bonds is 15. The number of carbonyl (C=O) groups excluding carboxylic acids is 2. The van der Waals surface area contributed by atoms with E-state index >= 15 is 4.39 Å². The first-order chi connectivity index (χ1) is 35.5. The van der Waals surface area contributed by atoms with E-state index in [9.17, 15) is 14.0 Å². The average Bonchev–Trinajstić information content (AvgIpc) is 4.08. The second kappa shape index (κ2) is 22.0. The average molecular weight is 1030 g/mol. The number of morpholine rings is 2. The third kappa shape index (κ3) is 11.8. The molecule has 5 aromatic heterocycles. The molecule has 20 nitrogen and oxygen atoms in total. The van der Waals surface area contributed by atoms with Gasteiger partial charge < -0.3 is 34.6 Å². The number of carbonyl (C=O) groups is 2. The van der Waals surface area contributed by atoms with Gasteiger partial charge in [-0.3, -0.25) is 31.3 Å². The topological polar surface area (TPSA) is 231 Å². The quantitative estimate of drug-likeness (QED) is 0.0540. The summed E-state index contributed by atoms with van der Waals surface area (Å²) in [5.41, 5.74) is 16.5. The highest BCUT2D eigenvalue weighted by atomic mass is 35.5. The maximum atomic E-state index is 15.3. The Bertz CT molecular complexity index is 3120. The van der Waals surface area contributed by atoms with Crippen LogP contribution in [0, 0.1) is 18.6 Å². The standard InChI is InChI=1S/C49H48ClF2N15O5S/c1-27-15-30(19-34(16-27)58-32-3-5-39(53-21-32)45(68)62-64-48-56-23-37(51)43(60-48)66-8-12-70-13-9-66)42-25-55-47(73-42)41-26-67(10-14-72-41)44-38(52)24-57-49(61-44)65-63-46(69)40-6-4-33(22-54-40)59-35-18-29(17-31(50)20-35)36-7-11-71-28(36)2/h3-6,15-25,28,36,41,58-59H,7-14,26H2,1-2H3,(H,62,68)(H,63,69)(H,56,60,64)(H,57,61,65). The molecular weight excluding hydrogens is 984 g/mol. The van der Waals surface area contributed by atoms with E-state index in [1.807, 2.05) is 43.3 Å². The Balaban J connectivity index is 0.724. The van der Waals surface area contributed by atoms with E-state index in [4.69, 9.17) is 30.8 Å². The monoisotopic (exact) mass is 1030 g/mol. The van der Waals surface area contributed by atoms with Crippen LogP contribution in [0.15, 0.2) is 91.6 Å². The molecule has 3 saturated heterocycles. The zero-order valence-corrected chi connectivity index (χ0v) is 40.9. The molecular formula is C49H48ClF2N15O5S. The second-order valence-corrected chi connectivity index (χ2v) is 18.8. The third-order valence-electron chi connectivity index (χ3n) is 12.2. The molecule has 2 amide bonds. The summed E-state index contributed by atoms with van der Waals surface area (Å²) in [5, 5.41) is 7.97. The molecule has 7 aromatic rings. The van der Waals surface area contributed by atoms with Crippen LogP contribution in [0.2, 0.25) is 5.02 Å². The van der Waals surface area contributed by atoms with Gasteiger partial charge in [0.1, 0.15) is 22.5 Å². The van der Waals surface area contributed by atoms with E-state index < -0.39 is 29.6 Å². The molecule has 0 spiro atoms. The minimum Gasteiger partial charge on any atom is -0.378 e. The number of pyridine rings is 2. The van der Waals surface area contributed by atoms with E-state index in [2.05, 4.69) is 69.2 Å². The van der Waals surface area contributed by atoms with Gasteiger partial charge in [0.2, 0.25) is 11.9 Å². The number of aromatic nitrogens is 7. The van der Waals surface area contributed by atoms with Crippen LogP contribution in [0.5, 0.6) is 0 Å². The summed E-state index contributed by atoms with van der Waals surface area (Å²) < 4.78 is 47.0. The van der Waals surface area contributed by atoms with Gasteiger partial charge in [-0.25, -0.2) is 33.7 Å². The molecule has 3 fully saturated rings. The normalized spacial score (nSPS) is 17.7. The van der Waals surface area contributed by atoms with E-state index in [0.29, 0.717) is 60.9 Å². The molecule has 0 saturated carbocycles. The second-order valence-electron chi connectivity index (χ2n) is 17.3. The number of aryl methyl sites for hydroxylation is 1. The van der Waals surface area contributed by atoms with Gasteiger partial charge in [0, 0.05) is 54.8 Å². The summed E-state index contributed by atoms with van der Waals surface area (Å²) in [7, 11) is 0. The number of amides is 2. The summed E-state index contributed by atoms with van der Waals surface area (Å²) in [4.78, 5) is 60.3. The van der Waals surface area contributed by atoms with Crippen molar-refractivity contribution in [1.29, 1.82) is 0 Å². The number of anilines is 8. The van der Waals surface area contributed by atoms with Gasteiger partial charge >= 0.3 is 0 Å². The zero-order valence-electron chi connectivity index (χ0n) is 39.4. The molecule has 2 aromatic carbocycles. The third-order valence-corrected chi connectivity index (χ3v) is 13.5. The molecule has 3 atom stereocenters. The van der Waals surface area contributed by atoms with Crippen molar-refractivity contribution in [2.24, 2.45) is 0 Å². The van der Waals surface area contributed by atoms with Gasteiger partial charge in [0.05, 0.1) is 73.5 Å². The summed E-state index contributed by atoms with van der Waals surface area (Å²) in [6.45, 7) is 7.55. The van der Waals surface area contributed by atoms with Crippen LogP contribution in [0.25, 0.3) is 10.4 Å². The van der Waals surface area contributed by atoms with Crippen molar-refractivity contribution in [3.8, 4) is 10.4 Å². The Morgan fingerprint density at radius 3 is 1.93 bits per heavy atom. The zero-order chi connectivity index (χ0) is 50.4. The largest absolute Gasteiger partial charge is 0.378 e. The Morgan fingerprint density at radius 2 is 1.32 bits per heavy atom. The van der Waals surface area contributed by atoms with Gasteiger partial charge in [0.15, 0.2) is 23.3 Å². The molecule has 10 rings (SSSR count). The summed E-state index contributed by atoms with van der Waals surface area (Å²) >= 11 is 7.91. The fourth-order valence-corrected chi connectivity index (χ4v) is 9.76. The lowest BCUT2D eigenvalue weighted by Crippen LogP contribution is -2.39. The summed E-state index contributed by atoms with van der Waals surface area (Å²) in [5.74, 6) is -1.88. The summed E-state index contributed by atoms with van der Waals surface area (Å²) in [6.07, 6.45) is 7.50. The number of nitrogens with one attached hydrogen (secondary N) is 6. The number of thiazole rings is 1. The number of hydrogen-bond donors (Lipinski definition) is 6. The minimum absolute atomic E-state index is 0.0211. The molecule has 3 aliphatic rings. The Kier molecular flexibility index (Phi) is 14.7. The molecule has 73 heavy (non-hydrogen) atoms. The maximum absolute atomic E-state index is 15.3. The Labute approximate surface area is 426 Å².